The summed E-state index contributed by atoms with van der Waals surface area (Å²) >= 11 is 0. The van der Waals surface area contributed by atoms with Gasteiger partial charge in [-0.15, -0.1) is 0 Å². The summed E-state index contributed by atoms with van der Waals surface area (Å²) < 4.78 is 15.6. The fourth-order valence-corrected chi connectivity index (χ4v) is 2.40. The standard InChI is InChI=1S/C17H17FN6O2/c1-10(2)23-9-12(8-20-23)16-11(3)7-19-17(22-16)21-13-4-5-15(24(25)26)14(18)6-13/h4-10H,1-3H3,(H,19,21,22). The summed E-state index contributed by atoms with van der Waals surface area (Å²) in [6.45, 7) is 5.94. The lowest BCUT2D eigenvalue weighted by atomic mass is 10.1. The van der Waals surface area contributed by atoms with Gasteiger partial charge in [0.25, 0.3) is 0 Å². The first-order valence-electron chi connectivity index (χ1n) is 7.94. The van der Waals surface area contributed by atoms with E-state index in [0.29, 0.717) is 11.4 Å². The van der Waals surface area contributed by atoms with Crippen LogP contribution < -0.4 is 5.32 Å². The van der Waals surface area contributed by atoms with Crippen LogP contribution in [-0.2, 0) is 0 Å². The molecule has 0 aliphatic carbocycles. The van der Waals surface area contributed by atoms with Gasteiger partial charge in [0, 0.05) is 41.8 Å². The molecule has 3 rings (SSSR count). The van der Waals surface area contributed by atoms with Gasteiger partial charge in [0.05, 0.1) is 16.8 Å². The van der Waals surface area contributed by atoms with E-state index in [4.69, 9.17) is 0 Å². The molecule has 0 aliphatic rings. The molecule has 26 heavy (non-hydrogen) atoms. The van der Waals surface area contributed by atoms with Gasteiger partial charge in [-0.3, -0.25) is 14.8 Å². The fraction of sp³-hybridized carbons (Fsp3) is 0.235. The van der Waals surface area contributed by atoms with Crippen LogP contribution in [0.3, 0.4) is 0 Å². The van der Waals surface area contributed by atoms with Crippen LogP contribution in [0, 0.1) is 22.9 Å². The van der Waals surface area contributed by atoms with Crippen molar-refractivity contribution in [2.24, 2.45) is 0 Å². The maximum atomic E-state index is 13.8. The van der Waals surface area contributed by atoms with Crippen molar-refractivity contribution in [3.63, 3.8) is 0 Å². The van der Waals surface area contributed by atoms with Crippen molar-refractivity contribution in [2.75, 3.05) is 5.32 Å². The van der Waals surface area contributed by atoms with E-state index < -0.39 is 16.4 Å². The third kappa shape index (κ3) is 3.51. The number of rotatable bonds is 5. The SMILES string of the molecule is Cc1cnc(Nc2ccc([N+](=O)[O-])c(F)c2)nc1-c1cnn(C(C)C)c1. The predicted molar refractivity (Wildman–Crippen MR) is 94.7 cm³/mol. The van der Waals surface area contributed by atoms with Crippen molar-refractivity contribution < 1.29 is 9.31 Å². The van der Waals surface area contributed by atoms with Crippen molar-refractivity contribution in [1.82, 2.24) is 19.7 Å². The summed E-state index contributed by atoms with van der Waals surface area (Å²) in [6, 6.07) is 3.77. The monoisotopic (exact) mass is 356 g/mol. The Hall–Kier alpha value is -3.36. The maximum Gasteiger partial charge on any atom is 0.304 e. The Labute approximate surface area is 148 Å². The average molecular weight is 356 g/mol. The number of nitro groups is 1. The quantitative estimate of drug-likeness (QED) is 0.547. The zero-order valence-corrected chi connectivity index (χ0v) is 14.5. The summed E-state index contributed by atoms with van der Waals surface area (Å²) in [7, 11) is 0. The fourth-order valence-electron chi connectivity index (χ4n) is 2.40. The second kappa shape index (κ2) is 6.87. The number of halogens is 1. The van der Waals surface area contributed by atoms with Gasteiger partial charge in [0.15, 0.2) is 0 Å². The van der Waals surface area contributed by atoms with Gasteiger partial charge in [-0.1, -0.05) is 0 Å². The van der Waals surface area contributed by atoms with Crippen LogP contribution in [0.2, 0.25) is 0 Å². The van der Waals surface area contributed by atoms with Gasteiger partial charge in [-0.2, -0.15) is 9.49 Å². The van der Waals surface area contributed by atoms with Gasteiger partial charge in [-0.25, -0.2) is 9.97 Å². The Bertz CT molecular complexity index is 970. The Morgan fingerprint density at radius 1 is 1.31 bits per heavy atom. The van der Waals surface area contributed by atoms with Gasteiger partial charge >= 0.3 is 5.69 Å². The van der Waals surface area contributed by atoms with E-state index in [1.807, 2.05) is 31.6 Å². The molecule has 0 saturated carbocycles. The number of nitrogens with one attached hydrogen (secondary N) is 1. The number of hydrogen-bond donors (Lipinski definition) is 1. The molecule has 1 aromatic carbocycles. The second-order valence-electron chi connectivity index (χ2n) is 6.08. The number of hydrogen-bond acceptors (Lipinski definition) is 6. The Morgan fingerprint density at radius 2 is 2.08 bits per heavy atom. The molecule has 3 aromatic rings. The van der Waals surface area contributed by atoms with Gasteiger partial charge in [-0.05, 0) is 32.4 Å². The summed E-state index contributed by atoms with van der Waals surface area (Å²) in [5.41, 5.74) is 2.16. The molecule has 134 valence electrons. The molecule has 0 aliphatic heterocycles. The maximum absolute atomic E-state index is 13.8. The van der Waals surface area contributed by atoms with E-state index in [0.717, 1.165) is 23.3 Å². The molecule has 8 nitrogen and oxygen atoms in total. The number of benzene rings is 1. The summed E-state index contributed by atoms with van der Waals surface area (Å²) in [6.07, 6.45) is 5.28. The minimum atomic E-state index is -0.925. The van der Waals surface area contributed by atoms with E-state index in [-0.39, 0.29) is 12.0 Å². The lowest BCUT2D eigenvalue weighted by Gasteiger charge is -2.08. The summed E-state index contributed by atoms with van der Waals surface area (Å²) in [5, 5.41) is 17.9. The molecule has 0 radical (unpaired) electrons. The number of anilines is 2. The number of aromatic nitrogens is 4. The van der Waals surface area contributed by atoms with Crippen molar-refractivity contribution >= 4 is 17.3 Å². The predicted octanol–water partition coefficient (Wildman–Crippen LogP) is 4.02. The highest BCUT2D eigenvalue weighted by atomic mass is 19.1. The third-order valence-corrected chi connectivity index (χ3v) is 3.78. The zero-order chi connectivity index (χ0) is 18.8. The van der Waals surface area contributed by atoms with Crippen LogP contribution in [0.25, 0.3) is 11.3 Å². The molecule has 0 bridgehead atoms. The molecule has 0 saturated heterocycles. The van der Waals surface area contributed by atoms with Crippen molar-refractivity contribution in [3.8, 4) is 11.3 Å². The number of nitrogens with zero attached hydrogens (tertiary/aromatic N) is 5. The van der Waals surface area contributed by atoms with E-state index >= 15 is 0 Å². The largest absolute Gasteiger partial charge is 0.324 e. The molecule has 0 fully saturated rings. The van der Waals surface area contributed by atoms with Crippen molar-refractivity contribution in [3.05, 3.63) is 58.3 Å². The Kier molecular flexibility index (Phi) is 4.61. The molecule has 2 heterocycles. The molecule has 1 N–H and O–H groups in total. The normalized spacial score (nSPS) is 11.0. The van der Waals surface area contributed by atoms with Crippen LogP contribution in [0.4, 0.5) is 21.7 Å². The molecule has 0 spiro atoms. The molecule has 9 heteroatoms. The third-order valence-electron chi connectivity index (χ3n) is 3.78. The molecule has 2 aromatic heterocycles. The minimum Gasteiger partial charge on any atom is -0.324 e. The second-order valence-corrected chi connectivity index (χ2v) is 6.08. The number of nitro benzene ring substituents is 1. The first kappa shape index (κ1) is 17.5. The van der Waals surface area contributed by atoms with E-state index in [1.165, 1.54) is 6.07 Å². The summed E-state index contributed by atoms with van der Waals surface area (Å²) in [5.74, 6) is -0.665. The lowest BCUT2D eigenvalue weighted by molar-refractivity contribution is -0.387. The molecule has 0 unspecified atom stereocenters. The van der Waals surface area contributed by atoms with Gasteiger partial charge in [0.1, 0.15) is 0 Å². The molecule has 0 atom stereocenters. The first-order chi connectivity index (χ1) is 12.3. The van der Waals surface area contributed by atoms with E-state index in [1.54, 1.807) is 12.4 Å². The zero-order valence-electron chi connectivity index (χ0n) is 14.5. The van der Waals surface area contributed by atoms with Gasteiger partial charge in [0.2, 0.25) is 11.8 Å². The Morgan fingerprint density at radius 3 is 2.69 bits per heavy atom. The summed E-state index contributed by atoms with van der Waals surface area (Å²) in [4.78, 5) is 18.6. The Balaban J connectivity index is 1.90. The minimum absolute atomic E-state index is 0.228. The smallest absolute Gasteiger partial charge is 0.304 e. The molecular formula is C17H17FN6O2. The number of aryl methyl sites for hydroxylation is 1. The van der Waals surface area contributed by atoms with E-state index in [2.05, 4.69) is 20.4 Å². The van der Waals surface area contributed by atoms with Crippen molar-refractivity contribution in [1.29, 1.82) is 0 Å². The molecule has 0 amide bonds. The highest BCUT2D eigenvalue weighted by molar-refractivity contribution is 5.64. The van der Waals surface area contributed by atoms with Crippen molar-refractivity contribution in [2.45, 2.75) is 26.8 Å². The van der Waals surface area contributed by atoms with Crippen LogP contribution >= 0.6 is 0 Å². The first-order valence-corrected chi connectivity index (χ1v) is 7.94. The van der Waals surface area contributed by atoms with Crippen LogP contribution in [0.5, 0.6) is 0 Å². The van der Waals surface area contributed by atoms with Gasteiger partial charge < -0.3 is 5.32 Å². The highest BCUT2D eigenvalue weighted by Crippen LogP contribution is 2.25. The van der Waals surface area contributed by atoms with Crippen LogP contribution in [0.15, 0.2) is 36.8 Å². The topological polar surface area (TPSA) is 98.8 Å². The lowest BCUT2D eigenvalue weighted by Crippen LogP contribution is -2.01. The van der Waals surface area contributed by atoms with Crippen LogP contribution in [-0.4, -0.2) is 24.7 Å². The average Bonchev–Trinajstić information content (AvgIpc) is 3.06. The highest BCUT2D eigenvalue weighted by Gasteiger charge is 2.15. The van der Waals surface area contributed by atoms with Crippen LogP contribution in [0.1, 0.15) is 25.5 Å². The van der Waals surface area contributed by atoms with E-state index in [9.17, 15) is 14.5 Å². The molecular weight excluding hydrogens is 339 g/mol.